The summed E-state index contributed by atoms with van der Waals surface area (Å²) in [5.74, 6) is -0.0214. The molecule has 3 rings (SSSR count). The number of nitrogens with one attached hydrogen (secondary N) is 1. The molecule has 2 amide bonds. The number of rotatable bonds is 7. The zero-order chi connectivity index (χ0) is 21.7. The minimum absolute atomic E-state index is 0.101. The number of aromatic nitrogens is 4. The van der Waals surface area contributed by atoms with Crippen molar-refractivity contribution in [3.63, 3.8) is 0 Å². The van der Waals surface area contributed by atoms with Crippen LogP contribution in [0.15, 0.2) is 15.9 Å². The number of imidazole rings is 1. The number of carbonyl (C=O) groups is 2. The fourth-order valence-corrected chi connectivity index (χ4v) is 3.85. The third-order valence-electron chi connectivity index (χ3n) is 5.64. The van der Waals surface area contributed by atoms with Crippen LogP contribution in [0.4, 0.5) is 0 Å². The van der Waals surface area contributed by atoms with Gasteiger partial charge in [0.05, 0.1) is 6.33 Å². The topological polar surface area (TPSA) is 111 Å². The molecule has 2 aromatic heterocycles. The van der Waals surface area contributed by atoms with E-state index in [-0.39, 0.29) is 18.2 Å². The number of fused-ring (bicyclic) bond motifs is 1. The number of nitrogens with zero attached hydrogens (tertiary/aromatic N) is 5. The normalized spacial score (nSPS) is 14.7. The number of likely N-dealkylation sites (tertiary alicyclic amines) is 1. The molecule has 30 heavy (non-hydrogen) atoms. The summed E-state index contributed by atoms with van der Waals surface area (Å²) in [5.41, 5.74) is -0.142. The van der Waals surface area contributed by atoms with E-state index in [2.05, 4.69) is 10.3 Å². The van der Waals surface area contributed by atoms with Crippen LogP contribution in [0, 0.1) is 0 Å². The monoisotopic (exact) mass is 418 g/mol. The highest BCUT2D eigenvalue weighted by atomic mass is 16.2. The molecule has 1 saturated heterocycles. The third kappa shape index (κ3) is 4.80. The Morgan fingerprint density at radius 3 is 2.43 bits per heavy atom. The molecular formula is C20H30N6O4. The van der Waals surface area contributed by atoms with Crippen molar-refractivity contribution < 1.29 is 9.59 Å². The van der Waals surface area contributed by atoms with E-state index in [4.69, 9.17) is 0 Å². The molecule has 0 aliphatic carbocycles. The minimum atomic E-state index is -0.424. The Hall–Kier alpha value is -2.91. The summed E-state index contributed by atoms with van der Waals surface area (Å²) in [7, 11) is 3.00. The number of aryl methyl sites for hydroxylation is 2. The highest BCUT2D eigenvalue weighted by Gasteiger charge is 2.16. The molecule has 1 fully saturated rings. The highest BCUT2D eigenvalue weighted by Crippen LogP contribution is 2.10. The van der Waals surface area contributed by atoms with Gasteiger partial charge in [0.2, 0.25) is 11.8 Å². The fourth-order valence-electron chi connectivity index (χ4n) is 3.85. The average molecular weight is 418 g/mol. The van der Waals surface area contributed by atoms with Crippen LogP contribution in [0.25, 0.3) is 11.2 Å². The molecule has 1 aliphatic heterocycles. The van der Waals surface area contributed by atoms with Crippen LogP contribution in [0.1, 0.15) is 44.9 Å². The second-order valence-electron chi connectivity index (χ2n) is 7.81. The number of hydrogen-bond acceptors (Lipinski definition) is 5. The van der Waals surface area contributed by atoms with E-state index in [1.54, 1.807) is 11.6 Å². The van der Waals surface area contributed by atoms with Gasteiger partial charge in [-0.1, -0.05) is 12.8 Å². The molecule has 3 heterocycles. The number of hydrogen-bond donors (Lipinski definition) is 1. The number of carbonyl (C=O) groups excluding carboxylic acids is 2. The maximum atomic E-state index is 12.4. The molecule has 1 aliphatic rings. The lowest BCUT2D eigenvalue weighted by Gasteiger charge is -2.20. The maximum absolute atomic E-state index is 12.4. The molecule has 10 heteroatoms. The molecule has 0 aromatic carbocycles. The lowest BCUT2D eigenvalue weighted by molar-refractivity contribution is -0.131. The summed E-state index contributed by atoms with van der Waals surface area (Å²) >= 11 is 0. The average Bonchev–Trinajstić information content (AvgIpc) is 2.96. The summed E-state index contributed by atoms with van der Waals surface area (Å²) in [4.78, 5) is 54.8. The molecule has 164 valence electrons. The van der Waals surface area contributed by atoms with Crippen molar-refractivity contribution in [3.05, 3.63) is 27.2 Å². The van der Waals surface area contributed by atoms with Crippen molar-refractivity contribution in [2.24, 2.45) is 14.1 Å². The molecule has 2 aromatic rings. The van der Waals surface area contributed by atoms with Crippen molar-refractivity contribution in [1.82, 2.24) is 28.9 Å². The predicted molar refractivity (Wildman–Crippen MR) is 112 cm³/mol. The molecule has 1 N–H and O–H groups in total. The zero-order valence-corrected chi connectivity index (χ0v) is 17.7. The van der Waals surface area contributed by atoms with Crippen LogP contribution in [0.5, 0.6) is 0 Å². The van der Waals surface area contributed by atoms with E-state index in [0.29, 0.717) is 37.1 Å². The molecule has 0 saturated carbocycles. The van der Waals surface area contributed by atoms with E-state index < -0.39 is 11.2 Å². The van der Waals surface area contributed by atoms with Gasteiger partial charge in [-0.05, 0) is 19.3 Å². The second kappa shape index (κ2) is 9.73. The zero-order valence-electron chi connectivity index (χ0n) is 17.7. The fraction of sp³-hybridized carbons (Fsp3) is 0.650. The first kappa shape index (κ1) is 21.8. The van der Waals surface area contributed by atoms with Crippen LogP contribution < -0.4 is 16.6 Å². The van der Waals surface area contributed by atoms with Crippen LogP contribution in [-0.2, 0) is 30.2 Å². The Bertz CT molecular complexity index is 1030. The Balaban J connectivity index is 1.46. The number of amides is 2. The Labute approximate surface area is 174 Å². The van der Waals surface area contributed by atoms with Gasteiger partial charge in [0.1, 0.15) is 0 Å². The first-order valence-electron chi connectivity index (χ1n) is 10.6. The van der Waals surface area contributed by atoms with Gasteiger partial charge in [0.25, 0.3) is 5.56 Å². The third-order valence-corrected chi connectivity index (χ3v) is 5.64. The van der Waals surface area contributed by atoms with E-state index in [1.807, 2.05) is 4.90 Å². The summed E-state index contributed by atoms with van der Waals surface area (Å²) in [6.45, 7) is 2.41. The van der Waals surface area contributed by atoms with E-state index in [1.165, 1.54) is 30.8 Å². The molecule has 0 radical (unpaired) electrons. The summed E-state index contributed by atoms with van der Waals surface area (Å²) in [6.07, 6.45) is 7.10. The Morgan fingerprint density at radius 1 is 1.03 bits per heavy atom. The summed E-state index contributed by atoms with van der Waals surface area (Å²) in [6, 6.07) is 0. The predicted octanol–water partition coefficient (Wildman–Crippen LogP) is 0.123. The van der Waals surface area contributed by atoms with Gasteiger partial charge in [0.15, 0.2) is 11.2 Å². The molecule has 0 atom stereocenters. The van der Waals surface area contributed by atoms with Crippen molar-refractivity contribution in [3.8, 4) is 0 Å². The van der Waals surface area contributed by atoms with Crippen molar-refractivity contribution in [2.75, 3.05) is 19.6 Å². The summed E-state index contributed by atoms with van der Waals surface area (Å²) in [5, 5.41) is 2.80. The smallest absolute Gasteiger partial charge is 0.332 e. The SMILES string of the molecule is Cn1c(=O)c2c(ncn2CCCC(=O)NCCC(=O)N2CCCCCC2)n(C)c1=O. The van der Waals surface area contributed by atoms with Gasteiger partial charge in [0, 0.05) is 53.1 Å². The minimum Gasteiger partial charge on any atom is -0.356 e. The molecular weight excluding hydrogens is 388 g/mol. The van der Waals surface area contributed by atoms with E-state index >= 15 is 0 Å². The van der Waals surface area contributed by atoms with Crippen molar-refractivity contribution >= 4 is 23.0 Å². The molecule has 0 spiro atoms. The van der Waals surface area contributed by atoms with E-state index in [0.717, 1.165) is 30.5 Å². The lowest BCUT2D eigenvalue weighted by Crippen LogP contribution is -2.37. The van der Waals surface area contributed by atoms with Crippen LogP contribution >= 0.6 is 0 Å². The van der Waals surface area contributed by atoms with Gasteiger partial charge in [-0.2, -0.15) is 0 Å². The largest absolute Gasteiger partial charge is 0.356 e. The standard InChI is InChI=1S/C20H30N6O4/c1-23-18-17(19(29)24(2)20(23)30)26(14-22-18)13-7-8-15(27)21-10-9-16(28)25-11-5-3-4-6-12-25/h14H,3-13H2,1-2H3,(H,21,27). The Kier molecular flexibility index (Phi) is 7.07. The first-order chi connectivity index (χ1) is 14.4. The van der Waals surface area contributed by atoms with Crippen LogP contribution in [0.2, 0.25) is 0 Å². The second-order valence-corrected chi connectivity index (χ2v) is 7.81. The quantitative estimate of drug-likeness (QED) is 0.687. The summed E-state index contributed by atoms with van der Waals surface area (Å²) < 4.78 is 4.06. The molecule has 0 unspecified atom stereocenters. The van der Waals surface area contributed by atoms with Gasteiger partial charge in [-0.3, -0.25) is 23.5 Å². The van der Waals surface area contributed by atoms with Crippen molar-refractivity contribution in [2.45, 2.75) is 51.5 Å². The van der Waals surface area contributed by atoms with E-state index in [9.17, 15) is 19.2 Å². The Morgan fingerprint density at radius 2 is 1.73 bits per heavy atom. The highest BCUT2D eigenvalue weighted by molar-refractivity contribution is 5.79. The van der Waals surface area contributed by atoms with Crippen molar-refractivity contribution in [1.29, 1.82) is 0 Å². The van der Waals surface area contributed by atoms with Gasteiger partial charge >= 0.3 is 5.69 Å². The maximum Gasteiger partial charge on any atom is 0.332 e. The van der Waals surface area contributed by atoms with Gasteiger partial charge < -0.3 is 14.8 Å². The van der Waals surface area contributed by atoms with Gasteiger partial charge in [-0.25, -0.2) is 9.78 Å². The van der Waals surface area contributed by atoms with Gasteiger partial charge in [-0.15, -0.1) is 0 Å². The molecule has 10 nitrogen and oxygen atoms in total. The van der Waals surface area contributed by atoms with Crippen LogP contribution in [-0.4, -0.2) is 55.0 Å². The van der Waals surface area contributed by atoms with Crippen LogP contribution in [0.3, 0.4) is 0 Å². The lowest BCUT2D eigenvalue weighted by atomic mass is 10.2. The molecule has 0 bridgehead atoms. The first-order valence-corrected chi connectivity index (χ1v) is 10.6.